The van der Waals surface area contributed by atoms with Crippen LogP contribution in [0.5, 0.6) is 0 Å². The first-order chi connectivity index (χ1) is 12.6. The van der Waals surface area contributed by atoms with Gasteiger partial charge < -0.3 is 14.9 Å². The zero-order valence-electron chi connectivity index (χ0n) is 17.0. The van der Waals surface area contributed by atoms with Crippen molar-refractivity contribution < 1.29 is 24.5 Å². The van der Waals surface area contributed by atoms with Gasteiger partial charge in [-0.1, -0.05) is 33.8 Å². The Morgan fingerprint density at radius 1 is 1.33 bits per heavy atom. The molecular formula is C22H34O5. The van der Waals surface area contributed by atoms with Crippen LogP contribution in [0.1, 0.15) is 59.8 Å². The van der Waals surface area contributed by atoms with E-state index in [1.807, 2.05) is 6.92 Å². The molecule has 0 aromatic carbocycles. The highest BCUT2D eigenvalue weighted by Crippen LogP contribution is 2.67. The number of esters is 1. The van der Waals surface area contributed by atoms with Gasteiger partial charge in [0.05, 0.1) is 6.10 Å². The number of carbonyl (C=O) groups excluding carboxylic acids is 2. The van der Waals surface area contributed by atoms with Crippen molar-refractivity contribution in [1.82, 2.24) is 0 Å². The Balaban J connectivity index is 2.21. The van der Waals surface area contributed by atoms with Crippen LogP contribution in [0.4, 0.5) is 0 Å². The lowest BCUT2D eigenvalue weighted by Crippen LogP contribution is -2.63. The summed E-state index contributed by atoms with van der Waals surface area (Å²) in [5, 5.41) is 20.6. The maximum atomic E-state index is 13.1. The van der Waals surface area contributed by atoms with Crippen LogP contribution in [-0.2, 0) is 14.3 Å². The average Bonchev–Trinajstić information content (AvgIpc) is 3.00. The second-order valence-corrected chi connectivity index (χ2v) is 9.72. The maximum absolute atomic E-state index is 13.1. The summed E-state index contributed by atoms with van der Waals surface area (Å²) in [7, 11) is 0. The summed E-state index contributed by atoms with van der Waals surface area (Å²) < 4.78 is 5.77. The van der Waals surface area contributed by atoms with E-state index in [4.69, 9.17) is 4.74 Å². The number of carbonyl (C=O) groups is 2. The molecule has 0 aliphatic heterocycles. The molecule has 3 saturated carbocycles. The SMILES string of the molecule is C=C[C@]1(C)C[C@@H](OC(=O)CO)[C@@]2(C)[C@H](C)CC[C@@]3(CCC(=O)[C@H]32)[C@H](C)[C@H]1O. The first kappa shape index (κ1) is 20.5. The van der Waals surface area contributed by atoms with Crippen molar-refractivity contribution in [3.63, 3.8) is 0 Å². The van der Waals surface area contributed by atoms with Crippen LogP contribution in [0, 0.1) is 34.0 Å². The number of hydrogen-bond acceptors (Lipinski definition) is 5. The molecule has 0 aromatic rings. The molecule has 27 heavy (non-hydrogen) atoms. The third kappa shape index (κ3) is 2.72. The number of Topliss-reactive ketones (excluding diaryl/α,β-unsaturated/α-hetero) is 1. The van der Waals surface area contributed by atoms with Crippen LogP contribution < -0.4 is 0 Å². The summed E-state index contributed by atoms with van der Waals surface area (Å²) in [5.74, 6) is -0.520. The van der Waals surface area contributed by atoms with Crippen molar-refractivity contribution in [2.24, 2.45) is 34.0 Å². The fourth-order valence-electron chi connectivity index (χ4n) is 6.70. The molecule has 0 saturated heterocycles. The maximum Gasteiger partial charge on any atom is 0.332 e. The van der Waals surface area contributed by atoms with Crippen molar-refractivity contribution in [2.75, 3.05) is 6.61 Å². The van der Waals surface area contributed by atoms with E-state index in [0.29, 0.717) is 12.8 Å². The summed E-state index contributed by atoms with van der Waals surface area (Å²) in [5.41, 5.74) is -1.43. The van der Waals surface area contributed by atoms with Gasteiger partial charge >= 0.3 is 5.97 Å². The highest BCUT2D eigenvalue weighted by Gasteiger charge is 2.68. The van der Waals surface area contributed by atoms with E-state index < -0.39 is 35.6 Å². The largest absolute Gasteiger partial charge is 0.460 e. The standard InChI is InChI=1S/C22H34O5/c1-6-20(4)11-16(27-17(25)12-23)21(5)13(2)7-9-22(14(3)19(20)26)10-8-15(24)18(21)22/h6,13-14,16,18-19,23,26H,1,7-12H2,2-5H3/t13-,14-,16-,18+,19-,20-,21-,22-/m1/s1. The normalized spacial score (nSPS) is 49.7. The first-order valence-corrected chi connectivity index (χ1v) is 10.2. The van der Waals surface area contributed by atoms with Gasteiger partial charge in [-0.25, -0.2) is 4.79 Å². The first-order valence-electron chi connectivity index (χ1n) is 10.2. The predicted molar refractivity (Wildman–Crippen MR) is 102 cm³/mol. The number of ketones is 1. The number of rotatable bonds is 3. The Bertz CT molecular complexity index is 645. The number of aliphatic hydroxyl groups is 2. The van der Waals surface area contributed by atoms with Crippen LogP contribution in [0.15, 0.2) is 12.7 Å². The Kier molecular flexibility index (Phi) is 5.09. The van der Waals surface area contributed by atoms with E-state index in [9.17, 15) is 19.8 Å². The fourth-order valence-corrected chi connectivity index (χ4v) is 6.70. The summed E-state index contributed by atoms with van der Waals surface area (Å²) in [6, 6.07) is 0. The minimum Gasteiger partial charge on any atom is -0.460 e. The summed E-state index contributed by atoms with van der Waals surface area (Å²) in [4.78, 5) is 25.2. The second-order valence-electron chi connectivity index (χ2n) is 9.72. The van der Waals surface area contributed by atoms with Gasteiger partial charge in [0.25, 0.3) is 0 Å². The van der Waals surface area contributed by atoms with Crippen molar-refractivity contribution in [3.05, 3.63) is 12.7 Å². The predicted octanol–water partition coefficient (Wildman–Crippen LogP) is 2.89. The van der Waals surface area contributed by atoms with Gasteiger partial charge in [0.2, 0.25) is 0 Å². The fraction of sp³-hybridized carbons (Fsp3) is 0.818. The second kappa shape index (κ2) is 6.70. The molecular weight excluding hydrogens is 344 g/mol. The van der Waals surface area contributed by atoms with Gasteiger partial charge in [0.1, 0.15) is 18.5 Å². The Hall–Kier alpha value is -1.20. The molecule has 0 amide bonds. The van der Waals surface area contributed by atoms with E-state index in [0.717, 1.165) is 19.3 Å². The van der Waals surface area contributed by atoms with Crippen molar-refractivity contribution in [1.29, 1.82) is 0 Å². The minimum atomic E-state index is -0.686. The smallest absolute Gasteiger partial charge is 0.332 e. The molecule has 2 bridgehead atoms. The van der Waals surface area contributed by atoms with E-state index >= 15 is 0 Å². The van der Waals surface area contributed by atoms with Crippen LogP contribution in [0.25, 0.3) is 0 Å². The Morgan fingerprint density at radius 3 is 2.59 bits per heavy atom. The lowest BCUT2D eigenvalue weighted by atomic mass is 9.44. The molecule has 152 valence electrons. The van der Waals surface area contributed by atoms with E-state index in [1.165, 1.54) is 0 Å². The molecule has 3 rings (SSSR count). The topological polar surface area (TPSA) is 83.8 Å². The molecule has 8 atom stereocenters. The third-order valence-corrected chi connectivity index (χ3v) is 8.70. The number of hydrogen-bond donors (Lipinski definition) is 2. The number of aliphatic hydroxyl groups excluding tert-OH is 2. The van der Waals surface area contributed by atoms with Crippen LogP contribution in [0.3, 0.4) is 0 Å². The molecule has 3 aliphatic rings. The molecule has 2 N–H and O–H groups in total. The quantitative estimate of drug-likeness (QED) is 0.583. The molecule has 0 spiro atoms. The molecule has 3 fully saturated rings. The van der Waals surface area contributed by atoms with Crippen molar-refractivity contribution >= 4 is 11.8 Å². The molecule has 0 radical (unpaired) electrons. The zero-order valence-corrected chi connectivity index (χ0v) is 17.0. The third-order valence-electron chi connectivity index (χ3n) is 8.70. The number of ether oxygens (including phenoxy) is 1. The lowest BCUT2D eigenvalue weighted by molar-refractivity contribution is -0.207. The molecule has 0 heterocycles. The van der Waals surface area contributed by atoms with Crippen LogP contribution in [-0.4, -0.2) is 40.8 Å². The molecule has 5 nitrogen and oxygen atoms in total. The molecule has 0 aromatic heterocycles. The molecule has 0 unspecified atom stereocenters. The van der Waals surface area contributed by atoms with Gasteiger partial charge in [-0.05, 0) is 42.9 Å². The van der Waals surface area contributed by atoms with Gasteiger partial charge in [0, 0.05) is 23.2 Å². The van der Waals surface area contributed by atoms with Crippen LogP contribution in [0.2, 0.25) is 0 Å². The molecule has 5 heteroatoms. The van der Waals surface area contributed by atoms with Gasteiger partial charge in [-0.3, -0.25) is 4.79 Å². The monoisotopic (exact) mass is 378 g/mol. The summed E-state index contributed by atoms with van der Waals surface area (Å²) >= 11 is 0. The van der Waals surface area contributed by atoms with E-state index in [1.54, 1.807) is 6.08 Å². The lowest BCUT2D eigenvalue weighted by Gasteiger charge is -2.61. The van der Waals surface area contributed by atoms with Crippen molar-refractivity contribution in [3.8, 4) is 0 Å². The zero-order chi connectivity index (χ0) is 20.2. The van der Waals surface area contributed by atoms with Gasteiger partial charge in [-0.15, -0.1) is 6.58 Å². The van der Waals surface area contributed by atoms with Crippen LogP contribution >= 0.6 is 0 Å². The summed E-state index contributed by atoms with van der Waals surface area (Å²) in [6.07, 6.45) is 4.10. The Morgan fingerprint density at radius 2 is 2.00 bits per heavy atom. The highest BCUT2D eigenvalue weighted by atomic mass is 16.6. The highest BCUT2D eigenvalue weighted by molar-refractivity contribution is 5.85. The minimum absolute atomic E-state index is 0.0433. The van der Waals surface area contributed by atoms with E-state index in [-0.39, 0.29) is 29.0 Å². The summed E-state index contributed by atoms with van der Waals surface area (Å²) in [6.45, 7) is 11.5. The van der Waals surface area contributed by atoms with Gasteiger partial charge in [-0.2, -0.15) is 0 Å². The average molecular weight is 379 g/mol. The Labute approximate surface area is 162 Å². The van der Waals surface area contributed by atoms with Crippen molar-refractivity contribution in [2.45, 2.75) is 72.0 Å². The molecule has 3 aliphatic carbocycles. The van der Waals surface area contributed by atoms with E-state index in [2.05, 4.69) is 27.4 Å². The van der Waals surface area contributed by atoms with Gasteiger partial charge in [0.15, 0.2) is 0 Å².